The predicted molar refractivity (Wildman–Crippen MR) is 149 cm³/mol. The van der Waals surface area contributed by atoms with Crippen LogP contribution in [-0.4, -0.2) is 69.2 Å². The highest BCUT2D eigenvalue weighted by Gasteiger charge is 2.35. The quantitative estimate of drug-likeness (QED) is 0.527. The predicted octanol–water partition coefficient (Wildman–Crippen LogP) is 4.38. The van der Waals surface area contributed by atoms with Gasteiger partial charge in [-0.05, 0) is 36.4 Å². The monoisotopic (exact) mass is 510 g/mol. The van der Waals surface area contributed by atoms with Crippen LogP contribution in [0, 0.1) is 0 Å². The van der Waals surface area contributed by atoms with E-state index in [4.69, 9.17) is 14.5 Å². The van der Waals surface area contributed by atoms with E-state index in [1.54, 1.807) is 6.08 Å². The molecule has 0 amide bonds. The first-order chi connectivity index (χ1) is 18.7. The van der Waals surface area contributed by atoms with Crippen molar-refractivity contribution in [2.24, 2.45) is 4.99 Å². The molecule has 38 heavy (non-hydrogen) atoms. The van der Waals surface area contributed by atoms with Gasteiger partial charge in [-0.3, -0.25) is 4.79 Å². The molecule has 3 aromatic carbocycles. The van der Waals surface area contributed by atoms with E-state index < -0.39 is 0 Å². The number of carbonyl (C=O) groups is 1. The Labute approximate surface area is 221 Å². The first-order valence-electron chi connectivity index (χ1n) is 13.0. The van der Waals surface area contributed by atoms with E-state index in [0.717, 1.165) is 17.1 Å². The number of aliphatic imine (C=N–C) groups is 1. The highest BCUT2D eigenvalue weighted by atomic mass is 16.5. The van der Waals surface area contributed by atoms with Crippen molar-refractivity contribution in [3.05, 3.63) is 89.6 Å². The summed E-state index contributed by atoms with van der Waals surface area (Å²) >= 11 is 0. The number of anilines is 3. The number of ether oxygens (including phenoxy) is 2. The average Bonchev–Trinajstić information content (AvgIpc) is 2.97. The lowest BCUT2D eigenvalue weighted by molar-refractivity contribution is 0.103. The Balaban J connectivity index is 1.56. The minimum Gasteiger partial charge on any atom is -0.505 e. The smallest absolute Gasteiger partial charge is 0.212 e. The second kappa shape index (κ2) is 10.7. The van der Waals surface area contributed by atoms with Gasteiger partial charge in [-0.15, -0.1) is 0 Å². The zero-order chi connectivity index (χ0) is 25.9. The summed E-state index contributed by atoms with van der Waals surface area (Å²) in [6.45, 7) is 4.94. The lowest BCUT2D eigenvalue weighted by Gasteiger charge is -2.36. The third kappa shape index (κ3) is 4.76. The minimum absolute atomic E-state index is 0.0666. The summed E-state index contributed by atoms with van der Waals surface area (Å²) in [5, 5.41) is 15.0. The summed E-state index contributed by atoms with van der Waals surface area (Å²) in [7, 11) is 0. The fourth-order valence-electron chi connectivity index (χ4n) is 5.13. The second-order valence-electron chi connectivity index (χ2n) is 9.42. The molecule has 2 N–H and O–H groups in total. The van der Waals surface area contributed by atoms with Crippen LogP contribution in [0.25, 0.3) is 0 Å². The largest absolute Gasteiger partial charge is 0.505 e. The zero-order valence-corrected chi connectivity index (χ0v) is 21.1. The Kier molecular flexibility index (Phi) is 6.81. The lowest BCUT2D eigenvalue weighted by atomic mass is 9.87. The first kappa shape index (κ1) is 24.2. The van der Waals surface area contributed by atoms with Gasteiger partial charge in [-0.25, -0.2) is 4.99 Å². The van der Waals surface area contributed by atoms with Crippen molar-refractivity contribution in [1.29, 1.82) is 0 Å². The Morgan fingerprint density at radius 2 is 1.34 bits per heavy atom. The number of nitrogens with zero attached hydrogens (tertiary/aromatic N) is 3. The van der Waals surface area contributed by atoms with Crippen LogP contribution < -0.4 is 15.1 Å². The second-order valence-corrected chi connectivity index (χ2v) is 9.42. The molecule has 0 atom stereocenters. The molecule has 2 aliphatic heterocycles. The van der Waals surface area contributed by atoms with Crippen LogP contribution in [0.1, 0.15) is 15.9 Å². The van der Waals surface area contributed by atoms with Crippen molar-refractivity contribution in [2.45, 2.75) is 0 Å². The van der Waals surface area contributed by atoms with Gasteiger partial charge in [0, 0.05) is 31.9 Å². The molecule has 8 heteroatoms. The van der Waals surface area contributed by atoms with Gasteiger partial charge in [0.1, 0.15) is 5.75 Å². The maximum atomic E-state index is 14.1. The number of benzene rings is 3. The molecule has 8 nitrogen and oxygen atoms in total. The number of Topliss-reactive ketones (excluding diaryl/α,β-unsaturated/α-hetero) is 1. The van der Waals surface area contributed by atoms with Crippen molar-refractivity contribution in [2.75, 3.05) is 67.7 Å². The standard InChI is InChI=1S/C30H30N4O4/c35-29-24(32-22-9-5-2-6-10-22)19-23(31-21-7-3-1-4-8-21)27-28(29)25(33-11-15-37-16-12-33)20-26(30(27)36)34-13-17-38-18-14-34/h1-10,19-20,32,36H,11-18H2. The highest BCUT2D eigenvalue weighted by Crippen LogP contribution is 2.44. The van der Waals surface area contributed by atoms with Crippen LogP contribution in [0.15, 0.2) is 83.5 Å². The SMILES string of the molecule is O=C1C(Nc2ccccc2)=CC(=Nc2ccccc2)c2c(O)c(N3CCOCC3)cc(N3CCOCC3)c21. The van der Waals surface area contributed by atoms with Gasteiger partial charge in [0.2, 0.25) is 5.78 Å². The van der Waals surface area contributed by atoms with Crippen LogP contribution in [0.3, 0.4) is 0 Å². The van der Waals surface area contributed by atoms with Gasteiger partial charge in [-0.1, -0.05) is 36.4 Å². The molecule has 0 unspecified atom stereocenters. The van der Waals surface area contributed by atoms with Crippen molar-refractivity contribution >= 4 is 34.2 Å². The molecule has 0 aromatic heterocycles. The van der Waals surface area contributed by atoms with Crippen molar-refractivity contribution in [3.8, 4) is 5.75 Å². The van der Waals surface area contributed by atoms with Gasteiger partial charge < -0.3 is 29.7 Å². The molecule has 0 spiro atoms. The maximum absolute atomic E-state index is 14.1. The number of phenols is 1. The Hall–Kier alpha value is -4.14. The lowest BCUT2D eigenvalue weighted by Crippen LogP contribution is -2.39. The number of rotatable bonds is 5. The summed E-state index contributed by atoms with van der Waals surface area (Å²) < 4.78 is 11.2. The van der Waals surface area contributed by atoms with E-state index in [2.05, 4.69) is 15.1 Å². The summed E-state index contributed by atoms with van der Waals surface area (Å²) in [5.74, 6) is -0.113. The fourth-order valence-corrected chi connectivity index (χ4v) is 5.13. The van der Waals surface area contributed by atoms with Gasteiger partial charge in [0.25, 0.3) is 0 Å². The highest BCUT2D eigenvalue weighted by molar-refractivity contribution is 6.31. The minimum atomic E-state index is -0.179. The number of hydrogen-bond acceptors (Lipinski definition) is 8. The van der Waals surface area contributed by atoms with Crippen molar-refractivity contribution < 1.29 is 19.4 Å². The number of carbonyl (C=O) groups excluding carboxylic acids is 1. The number of para-hydroxylation sites is 2. The Bertz CT molecular complexity index is 1380. The molecule has 2 saturated heterocycles. The topological polar surface area (TPSA) is 86.6 Å². The summed E-state index contributed by atoms with van der Waals surface area (Å²) in [6, 6.07) is 21.2. The molecule has 2 fully saturated rings. The maximum Gasteiger partial charge on any atom is 0.212 e. The number of phenolic OH excluding ortho intramolecular Hbond substituents is 1. The fraction of sp³-hybridized carbons (Fsp3) is 0.267. The first-order valence-corrected chi connectivity index (χ1v) is 13.0. The number of nitrogens with one attached hydrogen (secondary N) is 1. The average molecular weight is 511 g/mol. The normalized spacial score (nSPS) is 18.8. The Morgan fingerprint density at radius 1 is 0.763 bits per heavy atom. The molecule has 0 radical (unpaired) electrons. The van der Waals surface area contributed by atoms with Gasteiger partial charge >= 0.3 is 0 Å². The van der Waals surface area contributed by atoms with E-state index >= 15 is 0 Å². The third-order valence-corrected chi connectivity index (χ3v) is 7.03. The number of allylic oxidation sites excluding steroid dienone is 2. The van der Waals surface area contributed by atoms with Gasteiger partial charge in [0.15, 0.2) is 0 Å². The number of morpholine rings is 2. The van der Waals surface area contributed by atoms with E-state index in [1.807, 2.05) is 66.7 Å². The van der Waals surface area contributed by atoms with Crippen molar-refractivity contribution in [1.82, 2.24) is 0 Å². The van der Waals surface area contributed by atoms with Crippen LogP contribution in [-0.2, 0) is 9.47 Å². The van der Waals surface area contributed by atoms with Crippen LogP contribution in [0.4, 0.5) is 22.7 Å². The van der Waals surface area contributed by atoms with E-state index in [-0.39, 0.29) is 11.5 Å². The number of aromatic hydroxyl groups is 1. The van der Waals surface area contributed by atoms with Crippen LogP contribution >= 0.6 is 0 Å². The molecule has 3 aliphatic rings. The molecular formula is C30H30N4O4. The molecule has 2 heterocycles. The van der Waals surface area contributed by atoms with E-state index in [9.17, 15) is 9.90 Å². The zero-order valence-electron chi connectivity index (χ0n) is 21.1. The number of fused-ring (bicyclic) bond motifs is 1. The Morgan fingerprint density at radius 3 is 1.97 bits per heavy atom. The van der Waals surface area contributed by atoms with Gasteiger partial charge in [0.05, 0.1) is 66.0 Å². The molecule has 194 valence electrons. The molecule has 3 aromatic rings. The summed E-state index contributed by atoms with van der Waals surface area (Å²) in [6.07, 6.45) is 1.75. The van der Waals surface area contributed by atoms with Gasteiger partial charge in [-0.2, -0.15) is 0 Å². The van der Waals surface area contributed by atoms with E-state index in [1.165, 1.54) is 0 Å². The van der Waals surface area contributed by atoms with E-state index in [0.29, 0.717) is 80.8 Å². The molecule has 6 rings (SSSR count). The summed E-state index contributed by atoms with van der Waals surface area (Å²) in [5.41, 5.74) is 4.88. The number of ketones is 1. The summed E-state index contributed by atoms with van der Waals surface area (Å²) in [4.78, 5) is 23.4. The molecule has 1 aliphatic carbocycles. The molecular weight excluding hydrogens is 480 g/mol. The van der Waals surface area contributed by atoms with Crippen LogP contribution in [0.2, 0.25) is 0 Å². The van der Waals surface area contributed by atoms with Crippen LogP contribution in [0.5, 0.6) is 5.75 Å². The third-order valence-electron chi connectivity index (χ3n) is 7.03. The molecule has 0 saturated carbocycles. The van der Waals surface area contributed by atoms with Crippen molar-refractivity contribution in [3.63, 3.8) is 0 Å². The number of hydrogen-bond donors (Lipinski definition) is 2. The molecule has 0 bridgehead atoms.